The molecule has 2 aromatic rings. The summed E-state index contributed by atoms with van der Waals surface area (Å²) >= 11 is 0. The van der Waals surface area contributed by atoms with Gasteiger partial charge in [0.15, 0.2) is 0 Å². The molecule has 0 aliphatic carbocycles. The van der Waals surface area contributed by atoms with Gasteiger partial charge in [-0.15, -0.1) is 0 Å². The first-order chi connectivity index (χ1) is 19.9. The van der Waals surface area contributed by atoms with Gasteiger partial charge in [-0.05, 0) is 69.9 Å². The molecule has 42 heavy (non-hydrogen) atoms. The molecule has 0 aromatic heterocycles. The van der Waals surface area contributed by atoms with Gasteiger partial charge in [0, 0.05) is 31.8 Å². The monoisotopic (exact) mass is 608 g/mol. The van der Waals surface area contributed by atoms with Crippen LogP contribution < -0.4 is 30.3 Å². The Morgan fingerprint density at radius 1 is 1.05 bits per heavy atom. The first-order valence-corrected chi connectivity index (χ1v) is 15.0. The van der Waals surface area contributed by atoms with Gasteiger partial charge < -0.3 is 29.6 Å². The van der Waals surface area contributed by atoms with Gasteiger partial charge in [0.2, 0.25) is 10.0 Å². The summed E-state index contributed by atoms with van der Waals surface area (Å²) in [7, 11) is -1.02. The third-order valence-electron chi connectivity index (χ3n) is 6.34. The van der Waals surface area contributed by atoms with Gasteiger partial charge in [-0.2, -0.15) is 4.31 Å². The second-order valence-corrected chi connectivity index (χ2v) is 12.5. The number of hydroxylamine groups is 1. The van der Waals surface area contributed by atoms with Gasteiger partial charge >= 0.3 is 6.09 Å². The van der Waals surface area contributed by atoms with Gasteiger partial charge in [-0.3, -0.25) is 10.0 Å². The second kappa shape index (κ2) is 14.4. The van der Waals surface area contributed by atoms with Crippen molar-refractivity contribution in [2.24, 2.45) is 0 Å². The predicted octanol–water partition coefficient (Wildman–Crippen LogP) is 3.27. The summed E-state index contributed by atoms with van der Waals surface area (Å²) < 4.78 is 50.2. The molecule has 2 aromatic carbocycles. The highest BCUT2D eigenvalue weighted by atomic mass is 32.2. The Hall–Kier alpha value is -3.75. The number of alkyl carbamates (subject to hydrolysis) is 1. The minimum absolute atomic E-state index is 0.00888. The number of methoxy groups -OCH3 is 2. The fourth-order valence-electron chi connectivity index (χ4n) is 4.40. The van der Waals surface area contributed by atoms with E-state index in [4.69, 9.17) is 18.9 Å². The molecule has 1 heterocycles. The number of benzene rings is 2. The molecule has 1 aliphatic heterocycles. The smallest absolute Gasteiger partial charge is 0.407 e. The quantitative estimate of drug-likeness (QED) is 0.160. The van der Waals surface area contributed by atoms with Gasteiger partial charge in [-0.1, -0.05) is 0 Å². The largest absolute Gasteiger partial charge is 0.497 e. The summed E-state index contributed by atoms with van der Waals surface area (Å²) in [5.74, 6) is 0.830. The number of rotatable bonds is 12. The highest BCUT2D eigenvalue weighted by Gasteiger charge is 2.38. The van der Waals surface area contributed by atoms with Gasteiger partial charge in [0.1, 0.15) is 40.4 Å². The van der Waals surface area contributed by atoms with Crippen LogP contribution in [0.4, 0.5) is 10.5 Å². The van der Waals surface area contributed by atoms with Crippen molar-refractivity contribution in [3.05, 3.63) is 42.0 Å². The zero-order valence-electron chi connectivity index (χ0n) is 24.6. The van der Waals surface area contributed by atoms with Crippen LogP contribution in [0.3, 0.4) is 0 Å². The number of sulfonamides is 1. The third kappa shape index (κ3) is 8.87. The number of anilines is 1. The molecule has 0 unspecified atom stereocenters. The molecule has 0 saturated heterocycles. The molecule has 14 heteroatoms. The highest BCUT2D eigenvalue weighted by molar-refractivity contribution is 7.89. The number of carbonyl (C=O) groups is 2. The fourth-order valence-corrected chi connectivity index (χ4v) is 6.17. The summed E-state index contributed by atoms with van der Waals surface area (Å²) in [4.78, 5) is 24.4. The number of unbranched alkanes of at least 4 members (excludes halogenated alkanes) is 1. The molecular formula is C28H40N4O9S. The lowest BCUT2D eigenvalue weighted by Gasteiger charge is -2.28. The molecule has 232 valence electrons. The van der Waals surface area contributed by atoms with Crippen LogP contribution in [-0.4, -0.2) is 75.4 Å². The summed E-state index contributed by atoms with van der Waals surface area (Å²) in [5.41, 5.74) is 2.10. The molecule has 2 amide bonds. The Morgan fingerprint density at radius 3 is 2.36 bits per heavy atom. The lowest BCUT2D eigenvalue weighted by molar-refractivity contribution is -0.133. The van der Waals surface area contributed by atoms with E-state index in [1.165, 1.54) is 6.07 Å². The maximum atomic E-state index is 13.7. The molecule has 0 radical (unpaired) electrons. The Morgan fingerprint density at radius 2 is 1.74 bits per heavy atom. The highest BCUT2D eigenvalue weighted by Crippen LogP contribution is 2.33. The number of amides is 2. The van der Waals surface area contributed by atoms with E-state index in [0.29, 0.717) is 35.8 Å². The average Bonchev–Trinajstić information content (AvgIpc) is 3.07. The molecule has 1 aliphatic rings. The number of fused-ring (bicyclic) bond motifs is 1. The first-order valence-electron chi connectivity index (χ1n) is 13.5. The lowest BCUT2D eigenvalue weighted by Crippen LogP contribution is -2.49. The Bertz CT molecular complexity index is 1320. The van der Waals surface area contributed by atoms with Crippen LogP contribution in [-0.2, 0) is 26.2 Å². The number of nitrogens with zero attached hydrogens (tertiary/aromatic N) is 1. The zero-order chi connectivity index (χ0) is 30.9. The molecule has 1 atom stereocenters. The number of hydrogen-bond donors (Lipinski definition) is 4. The Labute approximate surface area is 246 Å². The average molecular weight is 609 g/mol. The number of ether oxygens (including phenoxy) is 4. The van der Waals surface area contributed by atoms with E-state index in [0.717, 1.165) is 9.87 Å². The second-order valence-electron chi connectivity index (χ2n) is 10.6. The van der Waals surface area contributed by atoms with Crippen LogP contribution in [0.15, 0.2) is 41.3 Å². The van der Waals surface area contributed by atoms with Crippen molar-refractivity contribution in [2.45, 2.75) is 63.2 Å². The summed E-state index contributed by atoms with van der Waals surface area (Å²) in [6.45, 7) is 5.95. The van der Waals surface area contributed by atoms with Crippen LogP contribution in [0.5, 0.6) is 17.2 Å². The van der Waals surface area contributed by atoms with Crippen molar-refractivity contribution in [3.63, 3.8) is 0 Å². The standard InChI is InChI=1S/C28H40N4O9S/c1-28(2,3)41-27(34)30-11-7-6-8-24(26(33)31-35)32-13-12-29-23-17-20(9-10-25(23)42(32,36)37)40-18-19-14-21(38-4)16-22(15-19)39-5/h9-10,14-17,24,29,35H,6-8,11-13,18H2,1-5H3,(H,30,34)(H,31,33)/t24-/m0/s1. The molecule has 0 saturated carbocycles. The summed E-state index contributed by atoms with van der Waals surface area (Å²) in [5, 5.41) is 15.1. The van der Waals surface area contributed by atoms with Crippen molar-refractivity contribution in [1.82, 2.24) is 15.1 Å². The minimum atomic E-state index is -4.13. The topological polar surface area (TPSA) is 165 Å². The number of nitrogens with one attached hydrogen (secondary N) is 3. The van der Waals surface area contributed by atoms with Crippen LogP contribution >= 0.6 is 0 Å². The van der Waals surface area contributed by atoms with E-state index in [1.54, 1.807) is 58.7 Å². The molecule has 0 bridgehead atoms. The number of hydrogen-bond acceptors (Lipinski definition) is 10. The molecule has 3 rings (SSSR count). The van der Waals surface area contributed by atoms with Gasteiger partial charge in [0.05, 0.1) is 19.9 Å². The first kappa shape index (κ1) is 32.8. The van der Waals surface area contributed by atoms with E-state index < -0.39 is 33.7 Å². The minimum Gasteiger partial charge on any atom is -0.497 e. The fraction of sp³-hybridized carbons (Fsp3) is 0.500. The third-order valence-corrected chi connectivity index (χ3v) is 8.30. The predicted molar refractivity (Wildman–Crippen MR) is 155 cm³/mol. The van der Waals surface area contributed by atoms with Gasteiger partial charge in [0.25, 0.3) is 5.91 Å². The zero-order valence-corrected chi connectivity index (χ0v) is 25.4. The van der Waals surface area contributed by atoms with E-state index in [1.807, 2.05) is 12.1 Å². The van der Waals surface area contributed by atoms with E-state index in [9.17, 15) is 23.2 Å². The SMILES string of the molecule is COc1cc(COc2ccc3c(c2)NCCN([C@@H](CCCCNC(=O)OC(C)(C)C)C(=O)NO)S3(=O)=O)cc(OC)c1. The van der Waals surface area contributed by atoms with Crippen molar-refractivity contribution in [3.8, 4) is 17.2 Å². The summed E-state index contributed by atoms with van der Waals surface area (Å²) in [6.07, 6.45) is 0.442. The van der Waals surface area contributed by atoms with Crippen LogP contribution in [0.2, 0.25) is 0 Å². The molecule has 4 N–H and O–H groups in total. The van der Waals surface area contributed by atoms with E-state index in [2.05, 4.69) is 10.6 Å². The van der Waals surface area contributed by atoms with Crippen molar-refractivity contribution in [2.75, 3.05) is 39.2 Å². The van der Waals surface area contributed by atoms with Gasteiger partial charge in [-0.25, -0.2) is 18.7 Å². The lowest BCUT2D eigenvalue weighted by atomic mass is 10.1. The molecule has 13 nitrogen and oxygen atoms in total. The molecule has 0 spiro atoms. The molecular weight excluding hydrogens is 568 g/mol. The van der Waals surface area contributed by atoms with E-state index in [-0.39, 0.29) is 37.6 Å². The van der Waals surface area contributed by atoms with Crippen LogP contribution in [0.1, 0.15) is 45.6 Å². The normalized spacial score (nSPS) is 15.3. The van der Waals surface area contributed by atoms with Crippen molar-refractivity contribution < 1.29 is 42.2 Å². The number of carbonyl (C=O) groups excluding carboxylic acids is 2. The summed E-state index contributed by atoms with van der Waals surface area (Å²) in [6, 6.07) is 8.78. The van der Waals surface area contributed by atoms with Crippen molar-refractivity contribution in [1.29, 1.82) is 0 Å². The maximum absolute atomic E-state index is 13.7. The van der Waals surface area contributed by atoms with E-state index >= 15 is 0 Å². The Balaban J connectivity index is 1.70. The van der Waals surface area contributed by atoms with Crippen LogP contribution in [0, 0.1) is 0 Å². The maximum Gasteiger partial charge on any atom is 0.407 e. The van der Waals surface area contributed by atoms with Crippen LogP contribution in [0.25, 0.3) is 0 Å². The Kier molecular flexibility index (Phi) is 11.3. The molecule has 0 fully saturated rings. The van der Waals surface area contributed by atoms with Crippen molar-refractivity contribution >= 4 is 27.7 Å².